The van der Waals surface area contributed by atoms with Crippen LogP contribution in [0.2, 0.25) is 0 Å². The molecule has 0 saturated heterocycles. The maximum Gasteiger partial charge on any atom is 0.293 e. The lowest BCUT2D eigenvalue weighted by Gasteiger charge is -2.16. The molecule has 0 aromatic heterocycles. The van der Waals surface area contributed by atoms with Gasteiger partial charge in [-0.2, -0.15) is 0 Å². The molecule has 0 spiro atoms. The molecule has 2 aromatic rings. The van der Waals surface area contributed by atoms with Crippen molar-refractivity contribution >= 4 is 27.1 Å². The number of rotatable bonds is 9. The van der Waals surface area contributed by atoms with Crippen LogP contribution in [0.4, 0.5) is 11.4 Å². The number of benzene rings is 2. The maximum absolute atomic E-state index is 12.4. The molecule has 0 heterocycles. The largest absolute Gasteiger partial charge is 0.378 e. The van der Waals surface area contributed by atoms with Crippen molar-refractivity contribution in [2.24, 2.45) is 0 Å². The fourth-order valence-corrected chi connectivity index (χ4v) is 3.45. The van der Waals surface area contributed by atoms with E-state index in [2.05, 4.69) is 10.6 Å². The Bertz CT molecular complexity index is 945. The van der Waals surface area contributed by atoms with Crippen molar-refractivity contribution in [2.45, 2.75) is 24.2 Å². The van der Waals surface area contributed by atoms with Gasteiger partial charge in [0.15, 0.2) is 9.84 Å². The number of anilines is 1. The number of hydrogen-bond donors (Lipinski definition) is 2. The Hall–Kier alpha value is -2.94. The van der Waals surface area contributed by atoms with Gasteiger partial charge in [-0.15, -0.1) is 0 Å². The number of carbonyl (C=O) groups excluding carboxylic acids is 1. The van der Waals surface area contributed by atoms with Crippen molar-refractivity contribution in [1.82, 2.24) is 5.32 Å². The molecule has 0 radical (unpaired) electrons. The lowest BCUT2D eigenvalue weighted by Crippen LogP contribution is -2.33. The Morgan fingerprint density at radius 2 is 1.82 bits per heavy atom. The van der Waals surface area contributed by atoms with E-state index in [1.165, 1.54) is 12.1 Å². The van der Waals surface area contributed by atoms with Gasteiger partial charge >= 0.3 is 0 Å². The molecular formula is C19H23N3O5S. The van der Waals surface area contributed by atoms with Crippen LogP contribution in [-0.4, -0.2) is 38.6 Å². The summed E-state index contributed by atoms with van der Waals surface area (Å²) < 4.78 is 23.1. The summed E-state index contributed by atoms with van der Waals surface area (Å²) in [6.45, 7) is 2.46. The second kappa shape index (κ2) is 9.32. The van der Waals surface area contributed by atoms with Crippen molar-refractivity contribution in [3.05, 3.63) is 64.2 Å². The molecule has 0 unspecified atom stereocenters. The molecule has 2 aromatic carbocycles. The van der Waals surface area contributed by atoms with E-state index in [-0.39, 0.29) is 41.2 Å². The fraction of sp³-hybridized carbons (Fsp3) is 0.316. The molecule has 0 aliphatic carbocycles. The first-order valence-electron chi connectivity index (χ1n) is 8.79. The van der Waals surface area contributed by atoms with Gasteiger partial charge in [0.05, 0.1) is 15.7 Å². The van der Waals surface area contributed by atoms with Gasteiger partial charge in [-0.25, -0.2) is 8.42 Å². The SMILES string of the molecule is CC[C@H](C(=O)NCCNc1ccc(S(C)(=O)=O)cc1[N+](=O)[O-])c1ccccc1. The van der Waals surface area contributed by atoms with Gasteiger partial charge in [0.25, 0.3) is 5.69 Å². The number of nitrogens with zero attached hydrogens (tertiary/aromatic N) is 1. The van der Waals surface area contributed by atoms with E-state index in [1.54, 1.807) is 0 Å². The van der Waals surface area contributed by atoms with Crippen LogP contribution in [0.15, 0.2) is 53.4 Å². The van der Waals surface area contributed by atoms with Gasteiger partial charge in [-0.1, -0.05) is 37.3 Å². The normalized spacial score (nSPS) is 12.2. The summed E-state index contributed by atoms with van der Waals surface area (Å²) in [5.41, 5.74) is 0.800. The summed E-state index contributed by atoms with van der Waals surface area (Å²) in [6.07, 6.45) is 1.65. The monoisotopic (exact) mass is 405 g/mol. The van der Waals surface area contributed by atoms with Crippen LogP contribution in [0.5, 0.6) is 0 Å². The summed E-state index contributed by atoms with van der Waals surface area (Å²) in [6, 6.07) is 13.1. The highest BCUT2D eigenvalue weighted by atomic mass is 32.2. The number of amides is 1. The topological polar surface area (TPSA) is 118 Å². The predicted octanol–water partition coefficient (Wildman–Crippen LogP) is 2.72. The average Bonchev–Trinajstić information content (AvgIpc) is 2.65. The Morgan fingerprint density at radius 1 is 1.14 bits per heavy atom. The molecule has 8 nitrogen and oxygen atoms in total. The first kappa shape index (κ1) is 21.4. The fourth-order valence-electron chi connectivity index (χ4n) is 2.81. The van der Waals surface area contributed by atoms with E-state index in [1.807, 2.05) is 37.3 Å². The van der Waals surface area contributed by atoms with Gasteiger partial charge in [0.2, 0.25) is 5.91 Å². The highest BCUT2D eigenvalue weighted by molar-refractivity contribution is 7.90. The molecule has 1 amide bonds. The zero-order valence-corrected chi connectivity index (χ0v) is 16.5. The highest BCUT2D eigenvalue weighted by Gasteiger charge is 2.20. The second-order valence-electron chi connectivity index (χ2n) is 6.30. The molecular weight excluding hydrogens is 382 g/mol. The molecule has 2 rings (SSSR count). The lowest BCUT2D eigenvalue weighted by molar-refractivity contribution is -0.384. The van der Waals surface area contributed by atoms with E-state index in [9.17, 15) is 23.3 Å². The van der Waals surface area contributed by atoms with E-state index in [4.69, 9.17) is 0 Å². The minimum atomic E-state index is -3.54. The Kier molecular flexibility index (Phi) is 7.11. The molecule has 1 atom stereocenters. The van der Waals surface area contributed by atoms with Crippen LogP contribution >= 0.6 is 0 Å². The van der Waals surface area contributed by atoms with Crippen LogP contribution in [-0.2, 0) is 14.6 Å². The third-order valence-corrected chi connectivity index (χ3v) is 5.37. The van der Waals surface area contributed by atoms with E-state index < -0.39 is 14.8 Å². The lowest BCUT2D eigenvalue weighted by atomic mass is 9.96. The highest BCUT2D eigenvalue weighted by Crippen LogP contribution is 2.27. The Labute approximate surface area is 164 Å². The number of nitro groups is 1. The van der Waals surface area contributed by atoms with Crippen LogP contribution in [0.25, 0.3) is 0 Å². The summed E-state index contributed by atoms with van der Waals surface area (Å²) in [4.78, 5) is 22.9. The maximum atomic E-state index is 12.4. The predicted molar refractivity (Wildman–Crippen MR) is 107 cm³/mol. The molecule has 28 heavy (non-hydrogen) atoms. The second-order valence-corrected chi connectivity index (χ2v) is 8.31. The third-order valence-electron chi connectivity index (χ3n) is 4.26. The minimum Gasteiger partial charge on any atom is -0.378 e. The molecule has 150 valence electrons. The van der Waals surface area contributed by atoms with Crippen molar-refractivity contribution in [2.75, 3.05) is 24.7 Å². The van der Waals surface area contributed by atoms with Crippen molar-refractivity contribution in [3.8, 4) is 0 Å². The smallest absolute Gasteiger partial charge is 0.293 e. The van der Waals surface area contributed by atoms with Gasteiger partial charge in [0, 0.05) is 25.4 Å². The minimum absolute atomic E-state index is 0.113. The number of nitro benzene ring substituents is 1. The summed E-state index contributed by atoms with van der Waals surface area (Å²) in [7, 11) is -3.54. The van der Waals surface area contributed by atoms with E-state index in [0.717, 1.165) is 17.9 Å². The third kappa shape index (κ3) is 5.53. The van der Waals surface area contributed by atoms with Crippen LogP contribution in [0.1, 0.15) is 24.8 Å². The number of hydrogen-bond acceptors (Lipinski definition) is 6. The number of sulfone groups is 1. The van der Waals surface area contributed by atoms with Crippen LogP contribution in [0, 0.1) is 10.1 Å². The van der Waals surface area contributed by atoms with Crippen LogP contribution < -0.4 is 10.6 Å². The molecule has 0 aliphatic heterocycles. The zero-order valence-electron chi connectivity index (χ0n) is 15.7. The molecule has 0 aliphatic rings. The molecule has 2 N–H and O–H groups in total. The summed E-state index contributed by atoms with van der Waals surface area (Å²) >= 11 is 0. The van der Waals surface area contributed by atoms with Crippen molar-refractivity contribution in [3.63, 3.8) is 0 Å². The van der Waals surface area contributed by atoms with Gasteiger partial charge in [-0.3, -0.25) is 14.9 Å². The van der Waals surface area contributed by atoms with E-state index >= 15 is 0 Å². The molecule has 0 saturated carbocycles. The van der Waals surface area contributed by atoms with Gasteiger partial charge in [0.1, 0.15) is 5.69 Å². The first-order chi connectivity index (χ1) is 13.2. The first-order valence-corrected chi connectivity index (χ1v) is 10.7. The Balaban J connectivity index is 1.98. The summed E-state index contributed by atoms with van der Waals surface area (Å²) in [5.74, 6) is -0.373. The summed E-state index contributed by atoms with van der Waals surface area (Å²) in [5, 5.41) is 16.9. The molecule has 0 bridgehead atoms. The standard InChI is InChI=1S/C19H23N3O5S/c1-3-16(14-7-5-4-6-8-14)19(23)21-12-11-20-17-10-9-15(28(2,26)27)13-18(17)22(24)25/h4-10,13,16,20H,3,11-12H2,1-2H3,(H,21,23)/t16-/m0/s1. The molecule has 0 fully saturated rings. The van der Waals surface area contributed by atoms with Crippen molar-refractivity contribution in [1.29, 1.82) is 0 Å². The number of nitrogens with one attached hydrogen (secondary N) is 2. The Morgan fingerprint density at radius 3 is 2.39 bits per heavy atom. The van der Waals surface area contributed by atoms with Crippen LogP contribution in [0.3, 0.4) is 0 Å². The molecule has 9 heteroatoms. The van der Waals surface area contributed by atoms with Gasteiger partial charge < -0.3 is 10.6 Å². The van der Waals surface area contributed by atoms with Crippen molar-refractivity contribution < 1.29 is 18.1 Å². The quantitative estimate of drug-likeness (QED) is 0.376. The van der Waals surface area contributed by atoms with Gasteiger partial charge in [-0.05, 0) is 24.1 Å². The van der Waals surface area contributed by atoms with E-state index in [0.29, 0.717) is 6.42 Å². The average molecular weight is 405 g/mol. The zero-order chi connectivity index (χ0) is 20.7. The number of carbonyl (C=O) groups is 1.